The lowest BCUT2D eigenvalue weighted by molar-refractivity contribution is -0.137. The predicted molar refractivity (Wildman–Crippen MR) is 111 cm³/mol. The third-order valence-electron chi connectivity index (χ3n) is 5.12. The molecule has 11 heteroatoms. The highest BCUT2D eigenvalue weighted by atomic mass is 32.2. The maximum Gasteiger partial charge on any atom is 0.416 e. The lowest BCUT2D eigenvalue weighted by Crippen LogP contribution is -2.34. The number of hydrogen-bond donors (Lipinski definition) is 1. The van der Waals surface area contributed by atoms with Gasteiger partial charge in [-0.15, -0.1) is 0 Å². The van der Waals surface area contributed by atoms with Crippen molar-refractivity contribution in [3.63, 3.8) is 0 Å². The first-order valence-electron chi connectivity index (χ1n) is 9.74. The number of alkyl halides is 3. The molecule has 3 rings (SSSR count). The molecule has 0 radical (unpaired) electrons. The maximum atomic E-state index is 14.4. The Morgan fingerprint density at radius 2 is 1.88 bits per heavy atom. The van der Waals surface area contributed by atoms with E-state index in [1.807, 2.05) is 4.90 Å². The van der Waals surface area contributed by atoms with E-state index in [0.29, 0.717) is 17.8 Å². The van der Waals surface area contributed by atoms with Crippen molar-refractivity contribution in [2.45, 2.75) is 32.0 Å². The first kappa shape index (κ1) is 23.8. The van der Waals surface area contributed by atoms with Crippen LogP contribution in [0.2, 0.25) is 0 Å². The van der Waals surface area contributed by atoms with Crippen LogP contribution in [-0.4, -0.2) is 39.8 Å². The summed E-state index contributed by atoms with van der Waals surface area (Å²) < 4.78 is 82.6. The number of carbonyl (C=O) groups excluding carboxylic acids is 1. The van der Waals surface area contributed by atoms with E-state index in [1.54, 1.807) is 11.6 Å². The molecule has 1 amide bonds. The summed E-state index contributed by atoms with van der Waals surface area (Å²) in [5.41, 5.74) is -0.0733. The molecule has 32 heavy (non-hydrogen) atoms. The predicted octanol–water partition coefficient (Wildman–Crippen LogP) is 3.89. The Morgan fingerprint density at radius 3 is 2.47 bits per heavy atom. The van der Waals surface area contributed by atoms with Gasteiger partial charge in [-0.3, -0.25) is 4.79 Å². The van der Waals surface area contributed by atoms with Gasteiger partial charge in [-0.25, -0.2) is 17.5 Å². The Balaban J connectivity index is 1.70. The molecule has 1 fully saturated rings. The standard InChI is InChI=1S/C21H22F4N2O4S/c1-13-10-17(20(28)26-32(2,29)30)18(22)11-19(13)31-12-16-4-3-9-27(16)15-7-5-14(6-8-15)21(23,24)25/h5-8,10-11,16H,3-4,9,12H2,1-2H3,(H,26,28)/t16-/m1/s1. The molecule has 6 nitrogen and oxygen atoms in total. The molecule has 174 valence electrons. The van der Waals surface area contributed by atoms with Gasteiger partial charge in [-0.1, -0.05) is 0 Å². The molecule has 1 heterocycles. The highest BCUT2D eigenvalue weighted by molar-refractivity contribution is 7.89. The molecule has 0 unspecified atom stereocenters. The van der Waals surface area contributed by atoms with Crippen molar-refractivity contribution in [3.05, 3.63) is 58.9 Å². The third kappa shape index (κ3) is 5.70. The first-order chi connectivity index (χ1) is 14.8. The minimum atomic E-state index is -4.40. The zero-order chi connectivity index (χ0) is 23.7. The van der Waals surface area contributed by atoms with Crippen LogP contribution >= 0.6 is 0 Å². The van der Waals surface area contributed by atoms with E-state index in [-0.39, 0.29) is 18.4 Å². The van der Waals surface area contributed by atoms with Gasteiger partial charge in [-0.2, -0.15) is 13.2 Å². The van der Waals surface area contributed by atoms with Gasteiger partial charge in [0.2, 0.25) is 10.0 Å². The zero-order valence-electron chi connectivity index (χ0n) is 17.4. The number of ether oxygens (including phenoxy) is 1. The minimum absolute atomic E-state index is 0.123. The molecular weight excluding hydrogens is 452 g/mol. The number of aryl methyl sites for hydroxylation is 1. The fraction of sp³-hybridized carbons (Fsp3) is 0.381. The Hall–Kier alpha value is -2.82. The van der Waals surface area contributed by atoms with Crippen LogP contribution in [0.15, 0.2) is 36.4 Å². The summed E-state index contributed by atoms with van der Waals surface area (Å²) in [6.07, 6.45) is -2.04. The molecule has 1 N–H and O–H groups in total. The Morgan fingerprint density at radius 1 is 1.22 bits per heavy atom. The Labute approximate surface area is 183 Å². The van der Waals surface area contributed by atoms with Gasteiger partial charge in [0.05, 0.1) is 23.4 Å². The molecule has 2 aromatic carbocycles. The van der Waals surface area contributed by atoms with Gasteiger partial charge in [0.1, 0.15) is 18.2 Å². The van der Waals surface area contributed by atoms with Crippen LogP contribution in [0.4, 0.5) is 23.2 Å². The van der Waals surface area contributed by atoms with Gasteiger partial charge in [0.15, 0.2) is 0 Å². The van der Waals surface area contributed by atoms with Crippen molar-refractivity contribution in [2.75, 3.05) is 24.3 Å². The molecule has 0 aromatic heterocycles. The molecule has 2 aromatic rings. The zero-order valence-corrected chi connectivity index (χ0v) is 18.2. The maximum absolute atomic E-state index is 14.4. The summed E-state index contributed by atoms with van der Waals surface area (Å²) in [5.74, 6) is -1.82. The van der Waals surface area contributed by atoms with Gasteiger partial charge in [0, 0.05) is 18.3 Å². The number of sulfonamides is 1. The SMILES string of the molecule is Cc1cc(C(=O)NS(C)(=O)=O)c(F)cc1OC[C@H]1CCCN1c1ccc(C(F)(F)F)cc1. The number of amides is 1. The molecule has 0 spiro atoms. The highest BCUT2D eigenvalue weighted by Gasteiger charge is 2.31. The third-order valence-corrected chi connectivity index (χ3v) is 5.68. The summed E-state index contributed by atoms with van der Waals surface area (Å²) in [5, 5.41) is 0. The van der Waals surface area contributed by atoms with Crippen LogP contribution in [0.1, 0.15) is 34.3 Å². The molecule has 0 aliphatic carbocycles. The quantitative estimate of drug-likeness (QED) is 0.643. The lowest BCUT2D eigenvalue weighted by atomic mass is 10.1. The highest BCUT2D eigenvalue weighted by Crippen LogP contribution is 2.33. The van der Waals surface area contributed by atoms with Crippen LogP contribution in [0.5, 0.6) is 5.75 Å². The fourth-order valence-electron chi connectivity index (χ4n) is 3.59. The Kier molecular flexibility index (Phi) is 6.68. The van der Waals surface area contributed by atoms with Crippen molar-refractivity contribution in [3.8, 4) is 5.75 Å². The lowest BCUT2D eigenvalue weighted by Gasteiger charge is -2.27. The normalized spacial score (nSPS) is 16.8. The van der Waals surface area contributed by atoms with Crippen LogP contribution in [-0.2, 0) is 16.2 Å². The van der Waals surface area contributed by atoms with Gasteiger partial charge in [-0.05, 0) is 55.7 Å². The number of halogens is 4. The number of nitrogens with zero attached hydrogens (tertiary/aromatic N) is 1. The summed E-state index contributed by atoms with van der Waals surface area (Å²) >= 11 is 0. The van der Waals surface area contributed by atoms with Crippen molar-refractivity contribution in [1.29, 1.82) is 0 Å². The largest absolute Gasteiger partial charge is 0.491 e. The van der Waals surface area contributed by atoms with E-state index in [9.17, 15) is 30.8 Å². The van der Waals surface area contributed by atoms with E-state index in [1.165, 1.54) is 18.2 Å². The van der Waals surface area contributed by atoms with Crippen molar-refractivity contribution in [2.24, 2.45) is 0 Å². The van der Waals surface area contributed by atoms with Crippen molar-refractivity contribution >= 4 is 21.6 Å². The Bertz CT molecular complexity index is 1100. The summed E-state index contributed by atoms with van der Waals surface area (Å²) in [6, 6.07) is 7.00. The number of nitrogens with one attached hydrogen (secondary N) is 1. The van der Waals surface area contributed by atoms with E-state index >= 15 is 0 Å². The molecule has 1 saturated heterocycles. The number of benzene rings is 2. The number of rotatable bonds is 6. The second-order valence-corrected chi connectivity index (χ2v) is 9.39. The molecule has 1 aliphatic heterocycles. The molecule has 0 saturated carbocycles. The summed E-state index contributed by atoms with van der Waals surface area (Å²) in [4.78, 5) is 13.9. The topological polar surface area (TPSA) is 75.7 Å². The second-order valence-electron chi connectivity index (χ2n) is 7.65. The van der Waals surface area contributed by atoms with Crippen LogP contribution in [0.3, 0.4) is 0 Å². The fourth-order valence-corrected chi connectivity index (χ4v) is 4.04. The number of carbonyl (C=O) groups is 1. The summed E-state index contributed by atoms with van der Waals surface area (Å²) in [6.45, 7) is 2.40. The van der Waals surface area contributed by atoms with Gasteiger partial charge in [0.25, 0.3) is 5.91 Å². The van der Waals surface area contributed by atoms with Crippen molar-refractivity contribution < 1.29 is 35.5 Å². The van der Waals surface area contributed by atoms with E-state index in [2.05, 4.69) is 0 Å². The van der Waals surface area contributed by atoms with E-state index in [0.717, 1.165) is 37.3 Å². The van der Waals surface area contributed by atoms with Gasteiger partial charge < -0.3 is 9.64 Å². The van der Waals surface area contributed by atoms with E-state index in [4.69, 9.17) is 4.74 Å². The van der Waals surface area contributed by atoms with Gasteiger partial charge >= 0.3 is 6.18 Å². The molecule has 0 bridgehead atoms. The number of anilines is 1. The van der Waals surface area contributed by atoms with E-state index < -0.39 is 39.1 Å². The first-order valence-corrected chi connectivity index (χ1v) is 11.6. The molecule has 1 atom stereocenters. The number of hydrogen-bond acceptors (Lipinski definition) is 5. The summed E-state index contributed by atoms with van der Waals surface area (Å²) in [7, 11) is -3.84. The van der Waals surface area contributed by atoms with Crippen LogP contribution in [0.25, 0.3) is 0 Å². The monoisotopic (exact) mass is 474 g/mol. The smallest absolute Gasteiger partial charge is 0.416 e. The minimum Gasteiger partial charge on any atom is -0.491 e. The van der Waals surface area contributed by atoms with Crippen LogP contribution < -0.4 is 14.4 Å². The average Bonchev–Trinajstić information content (AvgIpc) is 3.15. The molecule has 1 aliphatic rings. The average molecular weight is 474 g/mol. The van der Waals surface area contributed by atoms with Crippen LogP contribution in [0, 0.1) is 12.7 Å². The molecular formula is C21H22F4N2O4S. The van der Waals surface area contributed by atoms with Crippen molar-refractivity contribution in [1.82, 2.24) is 4.72 Å². The second kappa shape index (κ2) is 8.97.